The molecule has 2 amide bonds. The largest absolute Gasteiger partial charge is 0.355 e. The zero-order chi connectivity index (χ0) is 33.9. The van der Waals surface area contributed by atoms with Crippen molar-refractivity contribution in [3.05, 3.63) is 40.8 Å². The van der Waals surface area contributed by atoms with Crippen LogP contribution in [0.2, 0.25) is 0 Å². The molecule has 46 heavy (non-hydrogen) atoms. The quantitative estimate of drug-likeness (QED) is 0.220. The Hall–Kier alpha value is -1.31. The third-order valence-corrected chi connectivity index (χ3v) is 12.1. The Bertz CT molecular complexity index is 1280. The van der Waals surface area contributed by atoms with Gasteiger partial charge >= 0.3 is 0 Å². The van der Waals surface area contributed by atoms with E-state index < -0.39 is 9.80 Å². The van der Waals surface area contributed by atoms with E-state index in [1.165, 1.54) is 55.7 Å². The lowest BCUT2D eigenvalue weighted by molar-refractivity contribution is -0.143. The highest BCUT2D eigenvalue weighted by Gasteiger charge is 2.55. The molecular formula is C33H49ClN4O4S4. The minimum atomic E-state index is -1.08. The van der Waals surface area contributed by atoms with E-state index in [1.807, 2.05) is 31.4 Å². The van der Waals surface area contributed by atoms with Crippen molar-refractivity contribution in [1.29, 1.82) is 0 Å². The third-order valence-electron chi connectivity index (χ3n) is 8.98. The number of ether oxygens (including phenoxy) is 1. The molecule has 4 aliphatic rings. The fourth-order valence-corrected chi connectivity index (χ4v) is 8.60. The van der Waals surface area contributed by atoms with Crippen molar-refractivity contribution >= 4 is 89.5 Å². The summed E-state index contributed by atoms with van der Waals surface area (Å²) in [6.45, 7) is 6.26. The fourth-order valence-electron chi connectivity index (χ4n) is 6.33. The van der Waals surface area contributed by atoms with Crippen molar-refractivity contribution < 1.29 is 19.1 Å². The maximum Gasteiger partial charge on any atom is 0.251 e. The van der Waals surface area contributed by atoms with Gasteiger partial charge in [-0.2, -0.15) is 12.6 Å². The normalized spacial score (nSPS) is 26.6. The molecule has 1 aliphatic carbocycles. The Morgan fingerprint density at radius 2 is 1.87 bits per heavy atom. The lowest BCUT2D eigenvalue weighted by atomic mass is 9.89. The number of amidine groups is 1. The lowest BCUT2D eigenvalue weighted by Gasteiger charge is -2.40. The number of Topliss-reactive ketones (excluding diaryl/α,β-unsaturated/α-hetero) is 1. The minimum absolute atomic E-state index is 0.0349. The van der Waals surface area contributed by atoms with Gasteiger partial charge in [-0.15, -0.1) is 47.8 Å². The Balaban J connectivity index is 0.000000252. The summed E-state index contributed by atoms with van der Waals surface area (Å²) in [7, 11) is 0. The van der Waals surface area contributed by atoms with Crippen LogP contribution in [0.4, 0.5) is 0 Å². The number of aliphatic imine (C=N–C) groups is 1. The van der Waals surface area contributed by atoms with E-state index in [4.69, 9.17) is 16.3 Å². The number of nitrogens with one attached hydrogen (secondary N) is 1. The third kappa shape index (κ3) is 9.43. The van der Waals surface area contributed by atoms with Crippen LogP contribution in [0.5, 0.6) is 0 Å². The van der Waals surface area contributed by atoms with Gasteiger partial charge in [0.2, 0.25) is 5.91 Å². The van der Waals surface area contributed by atoms with Gasteiger partial charge in [0.25, 0.3) is 5.91 Å². The molecule has 1 aromatic carbocycles. The molecule has 1 aromatic rings. The molecular weight excluding hydrogens is 680 g/mol. The van der Waals surface area contributed by atoms with Gasteiger partial charge in [0.1, 0.15) is 22.2 Å². The lowest BCUT2D eigenvalue weighted by Crippen LogP contribution is -2.57. The molecule has 0 aromatic heterocycles. The van der Waals surface area contributed by atoms with Crippen LogP contribution in [0.25, 0.3) is 5.70 Å². The van der Waals surface area contributed by atoms with E-state index >= 15 is 0 Å². The molecule has 2 unspecified atom stereocenters. The van der Waals surface area contributed by atoms with Crippen LogP contribution in [-0.4, -0.2) is 100.0 Å². The molecule has 0 radical (unpaired) electrons. The molecule has 1 saturated carbocycles. The van der Waals surface area contributed by atoms with Crippen molar-refractivity contribution in [2.45, 2.75) is 74.0 Å². The number of ketones is 1. The molecule has 0 spiro atoms. The van der Waals surface area contributed by atoms with Crippen LogP contribution in [0, 0.1) is 5.92 Å². The molecule has 3 aliphatic heterocycles. The van der Waals surface area contributed by atoms with Gasteiger partial charge in [-0.05, 0) is 80.4 Å². The Morgan fingerprint density at radius 3 is 2.48 bits per heavy atom. The van der Waals surface area contributed by atoms with E-state index in [2.05, 4.69) is 58.2 Å². The predicted octanol–water partition coefficient (Wildman–Crippen LogP) is 6.46. The van der Waals surface area contributed by atoms with Gasteiger partial charge in [0, 0.05) is 32.1 Å². The van der Waals surface area contributed by atoms with Gasteiger partial charge in [-0.3, -0.25) is 19.4 Å². The number of carbonyl (C=O) groups is 3. The summed E-state index contributed by atoms with van der Waals surface area (Å²) in [5, 5.41) is 4.94. The van der Waals surface area contributed by atoms with Crippen molar-refractivity contribution in [2.75, 3.05) is 51.6 Å². The Labute approximate surface area is 299 Å². The number of hydrogen-bond acceptors (Lipinski definition) is 10. The van der Waals surface area contributed by atoms with Crippen LogP contribution in [0.15, 0.2) is 34.7 Å². The summed E-state index contributed by atoms with van der Waals surface area (Å²) in [5.74, 6) is 1.37. The monoisotopic (exact) mass is 728 g/mol. The summed E-state index contributed by atoms with van der Waals surface area (Å²) < 4.78 is 5.72. The second-order valence-corrected chi connectivity index (χ2v) is 14.8. The number of likely N-dealkylation sites (tertiary alicyclic amines) is 1. The molecule has 13 heteroatoms. The molecule has 2 bridgehead atoms. The predicted molar refractivity (Wildman–Crippen MR) is 202 cm³/mol. The number of halogens is 1. The maximum atomic E-state index is 12.6. The minimum Gasteiger partial charge on any atom is -0.355 e. The van der Waals surface area contributed by atoms with Crippen molar-refractivity contribution in [2.24, 2.45) is 10.9 Å². The van der Waals surface area contributed by atoms with Crippen molar-refractivity contribution in [3.63, 3.8) is 0 Å². The van der Waals surface area contributed by atoms with Crippen LogP contribution in [0.3, 0.4) is 0 Å². The summed E-state index contributed by atoms with van der Waals surface area (Å²) in [5.41, 5.74) is 2.93. The number of thiol groups is 2. The van der Waals surface area contributed by atoms with Crippen LogP contribution in [-0.2, 0) is 14.3 Å². The number of nitrogens with zero attached hydrogens (tertiary/aromatic N) is 3. The average Bonchev–Trinajstić information content (AvgIpc) is 3.40. The highest BCUT2D eigenvalue weighted by atomic mass is 35.5. The van der Waals surface area contributed by atoms with Gasteiger partial charge in [0.15, 0.2) is 5.78 Å². The summed E-state index contributed by atoms with van der Waals surface area (Å²) in [6.07, 6.45) is 13.2. The number of alkyl halides is 1. The SMILES string of the molecule is CS.CS/C=C(/c1cccc(C(=O)NCC2CCCCC2)c1)N1CCN=C1C.CSC12CCC(S)(C(=O)CO1)N(C(C)=O)C[C@@H]2Cl. The first-order valence-electron chi connectivity index (χ1n) is 15.8. The summed E-state index contributed by atoms with van der Waals surface area (Å²) >= 11 is 17.6. The molecule has 2 saturated heterocycles. The first-order chi connectivity index (χ1) is 22.0. The first kappa shape index (κ1) is 39.1. The zero-order valence-corrected chi connectivity index (χ0v) is 31.8. The van der Waals surface area contributed by atoms with Gasteiger partial charge in [-0.1, -0.05) is 31.4 Å². The van der Waals surface area contributed by atoms with Crippen LogP contribution < -0.4 is 5.32 Å². The van der Waals surface area contributed by atoms with Gasteiger partial charge in [0.05, 0.1) is 17.6 Å². The molecule has 3 heterocycles. The van der Waals surface area contributed by atoms with Crippen LogP contribution >= 0.6 is 60.4 Å². The van der Waals surface area contributed by atoms with Gasteiger partial charge in [-0.25, -0.2) is 0 Å². The van der Waals surface area contributed by atoms with Crippen LogP contribution in [0.1, 0.15) is 74.7 Å². The van der Waals surface area contributed by atoms with Gasteiger partial charge < -0.3 is 19.9 Å². The number of carbonyl (C=O) groups excluding carboxylic acids is 3. The van der Waals surface area contributed by atoms with Crippen molar-refractivity contribution in [3.8, 4) is 0 Å². The number of fused-ring (bicyclic) bond motifs is 3. The molecule has 5 rings (SSSR count). The number of thioether (sulfide) groups is 2. The van der Waals surface area contributed by atoms with E-state index in [0.29, 0.717) is 18.8 Å². The van der Waals surface area contributed by atoms with Crippen molar-refractivity contribution in [1.82, 2.24) is 15.1 Å². The second kappa shape index (κ2) is 18.5. The summed E-state index contributed by atoms with van der Waals surface area (Å²) in [4.78, 5) is 43.1. The molecule has 256 valence electrons. The fraction of sp³-hybridized carbons (Fsp3) is 0.636. The number of amides is 2. The first-order valence-corrected chi connectivity index (χ1v) is 20.1. The highest BCUT2D eigenvalue weighted by Crippen LogP contribution is 2.47. The number of hydrogen-bond donors (Lipinski definition) is 3. The molecule has 3 fully saturated rings. The van der Waals surface area contributed by atoms with E-state index in [9.17, 15) is 14.4 Å². The van der Waals surface area contributed by atoms with E-state index in [0.717, 1.165) is 42.3 Å². The van der Waals surface area contributed by atoms with E-state index in [-0.39, 0.29) is 36.1 Å². The second-order valence-electron chi connectivity index (χ2n) is 11.8. The summed E-state index contributed by atoms with van der Waals surface area (Å²) in [6, 6.07) is 7.96. The average molecular weight is 730 g/mol. The molecule has 8 nitrogen and oxygen atoms in total. The number of benzene rings is 1. The maximum absolute atomic E-state index is 12.6. The topological polar surface area (TPSA) is 91.3 Å². The Morgan fingerprint density at radius 1 is 1.17 bits per heavy atom. The highest BCUT2D eigenvalue weighted by molar-refractivity contribution is 8.01. The standard InChI is InChI=1S/C21H29N3OS.C11H16ClNO3S2.CH4S/c1-16-22-11-12-24(16)20(15-26-2)18-9-6-10-19(13-18)21(25)23-14-17-7-4-3-5-8-17;1-7(14)13-5-8(12)11(18-2)4-3-10(13,17)9(15)6-16-11;1-2/h6,9-10,13,15,17H,3-5,7-8,11-12,14H2,1-2H3,(H,23,25);8,17H,3-6H2,1-2H3;2H,1H3/b20-15-;;/t;8-,10?,11?;/m.0./s1. The Kier molecular flexibility index (Phi) is 15.7. The van der Waals surface area contributed by atoms with E-state index in [1.54, 1.807) is 18.0 Å². The zero-order valence-electron chi connectivity index (χ0n) is 27.6. The smallest absolute Gasteiger partial charge is 0.251 e. The molecule has 3 atom stereocenters. The number of rotatable bonds is 7. The molecule has 1 N–H and O–H groups in total.